The maximum atomic E-state index is 5.65. The maximum absolute atomic E-state index is 5.65. The molecule has 0 aliphatic rings. The topological polar surface area (TPSA) is 18.5 Å². The average molecular weight is 373 g/mol. The van der Waals surface area contributed by atoms with Gasteiger partial charge in [0.05, 0.1) is 6.10 Å². The molecule has 0 aromatic carbocycles. The molecular formula is C22H48O2Si. The van der Waals surface area contributed by atoms with Gasteiger partial charge < -0.3 is 9.47 Å². The average Bonchev–Trinajstić information content (AvgIpc) is 2.52. The summed E-state index contributed by atoms with van der Waals surface area (Å²) >= 11 is 0. The zero-order chi connectivity index (χ0) is 18.8. The molecule has 0 saturated heterocycles. The first-order valence-corrected chi connectivity index (χ1v) is 14.8. The summed E-state index contributed by atoms with van der Waals surface area (Å²) in [5, 5.41) is 0. The third-order valence-corrected chi connectivity index (χ3v) is 6.45. The standard InChI is InChI=1S/C22H48O2Si/c1-22(2)24-20-17-19-23-18-15-13-11-9-7-6-8-10-12-14-16-21-25(3,4)5/h22H,6-21H2,1-5H3. The summed E-state index contributed by atoms with van der Waals surface area (Å²) in [5.74, 6) is 0. The van der Waals surface area contributed by atoms with Crippen LogP contribution >= 0.6 is 0 Å². The van der Waals surface area contributed by atoms with Crippen LogP contribution in [0.15, 0.2) is 0 Å². The van der Waals surface area contributed by atoms with Gasteiger partial charge in [-0.1, -0.05) is 89.9 Å². The summed E-state index contributed by atoms with van der Waals surface area (Å²) in [6, 6.07) is 1.52. The Kier molecular flexibility index (Phi) is 17.6. The van der Waals surface area contributed by atoms with E-state index in [9.17, 15) is 0 Å². The molecule has 0 amide bonds. The number of ether oxygens (including phenoxy) is 2. The Morgan fingerprint density at radius 3 is 1.48 bits per heavy atom. The first kappa shape index (κ1) is 25.1. The fraction of sp³-hybridized carbons (Fsp3) is 1.00. The van der Waals surface area contributed by atoms with Gasteiger partial charge in [-0.15, -0.1) is 0 Å². The van der Waals surface area contributed by atoms with Gasteiger partial charge in [-0.25, -0.2) is 0 Å². The highest BCUT2D eigenvalue weighted by atomic mass is 28.3. The van der Waals surface area contributed by atoms with Crippen LogP contribution < -0.4 is 0 Å². The molecule has 0 heterocycles. The van der Waals surface area contributed by atoms with Gasteiger partial charge in [0.1, 0.15) is 0 Å². The fourth-order valence-corrected chi connectivity index (χ4v) is 4.34. The van der Waals surface area contributed by atoms with E-state index in [2.05, 4.69) is 33.5 Å². The Balaban J connectivity index is 3.03. The number of rotatable bonds is 19. The van der Waals surface area contributed by atoms with Crippen LogP contribution in [-0.4, -0.2) is 34.0 Å². The van der Waals surface area contributed by atoms with Crippen LogP contribution in [0.1, 0.15) is 90.9 Å². The van der Waals surface area contributed by atoms with Crippen molar-refractivity contribution in [3.8, 4) is 0 Å². The normalized spacial score (nSPS) is 12.2. The summed E-state index contributed by atoms with van der Waals surface area (Å²) in [6.45, 7) is 14.2. The highest BCUT2D eigenvalue weighted by Gasteiger charge is 2.11. The lowest BCUT2D eigenvalue weighted by Crippen LogP contribution is -2.18. The molecule has 25 heavy (non-hydrogen) atoms. The van der Waals surface area contributed by atoms with E-state index in [-0.39, 0.29) is 0 Å². The van der Waals surface area contributed by atoms with E-state index in [0.717, 1.165) is 26.2 Å². The number of unbranched alkanes of at least 4 members (excludes halogenated alkanes) is 10. The molecule has 0 aromatic rings. The van der Waals surface area contributed by atoms with Crippen LogP contribution in [0.25, 0.3) is 0 Å². The molecule has 0 rings (SSSR count). The summed E-state index contributed by atoms with van der Waals surface area (Å²) in [4.78, 5) is 0. The largest absolute Gasteiger partial charge is 0.381 e. The van der Waals surface area contributed by atoms with Gasteiger partial charge in [0, 0.05) is 27.9 Å². The second-order valence-corrected chi connectivity index (χ2v) is 14.7. The third kappa shape index (κ3) is 24.1. The maximum Gasteiger partial charge on any atom is 0.0518 e. The Morgan fingerprint density at radius 2 is 1.00 bits per heavy atom. The second-order valence-electron chi connectivity index (χ2n) is 9.09. The Labute approximate surface area is 160 Å². The molecule has 0 atom stereocenters. The van der Waals surface area contributed by atoms with Gasteiger partial charge in [0.15, 0.2) is 0 Å². The molecule has 2 nitrogen and oxygen atoms in total. The van der Waals surface area contributed by atoms with Crippen molar-refractivity contribution >= 4 is 8.07 Å². The van der Waals surface area contributed by atoms with Crippen molar-refractivity contribution in [1.82, 2.24) is 0 Å². The molecule has 0 aliphatic heterocycles. The smallest absolute Gasteiger partial charge is 0.0518 e. The van der Waals surface area contributed by atoms with E-state index in [1.165, 1.54) is 76.7 Å². The van der Waals surface area contributed by atoms with E-state index < -0.39 is 8.07 Å². The monoisotopic (exact) mass is 372 g/mol. The van der Waals surface area contributed by atoms with Crippen LogP contribution in [0, 0.1) is 0 Å². The van der Waals surface area contributed by atoms with Crippen molar-refractivity contribution in [2.75, 3.05) is 19.8 Å². The van der Waals surface area contributed by atoms with Crippen molar-refractivity contribution in [3.05, 3.63) is 0 Å². The van der Waals surface area contributed by atoms with E-state index in [1.54, 1.807) is 0 Å². The Hall–Kier alpha value is 0.137. The van der Waals surface area contributed by atoms with E-state index >= 15 is 0 Å². The molecule has 0 aromatic heterocycles. The van der Waals surface area contributed by atoms with Crippen LogP contribution in [-0.2, 0) is 9.47 Å². The number of hydrogen-bond acceptors (Lipinski definition) is 2. The highest BCUT2D eigenvalue weighted by molar-refractivity contribution is 6.76. The molecule has 0 bridgehead atoms. The van der Waals surface area contributed by atoms with Gasteiger partial charge in [0.2, 0.25) is 0 Å². The zero-order valence-corrected chi connectivity index (χ0v) is 19.2. The molecule has 0 aliphatic carbocycles. The third-order valence-electron chi connectivity index (χ3n) is 4.60. The lowest BCUT2D eigenvalue weighted by Gasteiger charge is -2.14. The Bertz CT molecular complexity index is 261. The van der Waals surface area contributed by atoms with Crippen LogP contribution in [0.2, 0.25) is 25.7 Å². The van der Waals surface area contributed by atoms with Crippen molar-refractivity contribution < 1.29 is 9.47 Å². The summed E-state index contributed by atoms with van der Waals surface area (Å²) in [7, 11) is -0.785. The van der Waals surface area contributed by atoms with E-state index in [1.807, 2.05) is 0 Å². The van der Waals surface area contributed by atoms with Crippen molar-refractivity contribution in [3.63, 3.8) is 0 Å². The van der Waals surface area contributed by atoms with Gasteiger partial charge in [-0.3, -0.25) is 0 Å². The van der Waals surface area contributed by atoms with Gasteiger partial charge in [-0.05, 0) is 26.7 Å². The van der Waals surface area contributed by atoms with Gasteiger partial charge in [0.25, 0.3) is 0 Å². The minimum Gasteiger partial charge on any atom is -0.381 e. The van der Waals surface area contributed by atoms with Crippen molar-refractivity contribution in [2.45, 2.75) is 123 Å². The molecule has 0 unspecified atom stereocenters. The van der Waals surface area contributed by atoms with E-state index in [4.69, 9.17) is 9.47 Å². The SMILES string of the molecule is CC(C)OCCCOCCCCCCCCCCCCC[Si](C)(C)C. The molecule has 0 spiro atoms. The van der Waals surface area contributed by atoms with Crippen molar-refractivity contribution in [1.29, 1.82) is 0 Å². The molecule has 0 fully saturated rings. The lowest BCUT2D eigenvalue weighted by molar-refractivity contribution is 0.0507. The first-order valence-electron chi connectivity index (χ1n) is 11.1. The van der Waals surface area contributed by atoms with Gasteiger partial charge in [-0.2, -0.15) is 0 Å². The summed E-state index contributed by atoms with van der Waals surface area (Å²) in [5.41, 5.74) is 0. The minimum atomic E-state index is -0.785. The summed E-state index contributed by atoms with van der Waals surface area (Å²) < 4.78 is 11.1. The van der Waals surface area contributed by atoms with E-state index in [0.29, 0.717) is 6.10 Å². The fourth-order valence-electron chi connectivity index (χ4n) is 3.03. The zero-order valence-electron chi connectivity index (χ0n) is 18.2. The van der Waals surface area contributed by atoms with Crippen LogP contribution in [0.5, 0.6) is 0 Å². The first-order chi connectivity index (χ1) is 11.9. The molecular weight excluding hydrogens is 324 g/mol. The van der Waals surface area contributed by atoms with Crippen LogP contribution in [0.4, 0.5) is 0 Å². The number of hydrogen-bond donors (Lipinski definition) is 0. The lowest BCUT2D eigenvalue weighted by atomic mass is 10.1. The quantitative estimate of drug-likeness (QED) is 0.173. The molecule has 3 heteroatoms. The van der Waals surface area contributed by atoms with Crippen molar-refractivity contribution in [2.24, 2.45) is 0 Å². The summed E-state index contributed by atoms with van der Waals surface area (Å²) in [6.07, 6.45) is 16.9. The highest BCUT2D eigenvalue weighted by Crippen LogP contribution is 2.16. The predicted molar refractivity (Wildman–Crippen MR) is 115 cm³/mol. The second kappa shape index (κ2) is 17.5. The minimum absolute atomic E-state index is 0.343. The molecule has 152 valence electrons. The van der Waals surface area contributed by atoms with Crippen LogP contribution in [0.3, 0.4) is 0 Å². The molecule has 0 N–H and O–H groups in total. The molecule has 0 saturated carbocycles. The molecule has 0 radical (unpaired) electrons. The van der Waals surface area contributed by atoms with Gasteiger partial charge >= 0.3 is 0 Å². The predicted octanol–water partition coefficient (Wildman–Crippen LogP) is 7.45. The Morgan fingerprint density at radius 1 is 0.560 bits per heavy atom.